The van der Waals surface area contributed by atoms with Gasteiger partial charge in [-0.3, -0.25) is 0 Å². The molecule has 0 aliphatic heterocycles. The lowest BCUT2D eigenvalue weighted by Gasteiger charge is -2.16. The van der Waals surface area contributed by atoms with Crippen molar-refractivity contribution in [1.82, 2.24) is 9.55 Å². The zero-order chi connectivity index (χ0) is 17.7. The van der Waals surface area contributed by atoms with E-state index in [9.17, 15) is 0 Å². The van der Waals surface area contributed by atoms with E-state index in [4.69, 9.17) is 33.0 Å². The Morgan fingerprint density at radius 3 is 2.54 bits per heavy atom. The monoisotopic (exact) mass is 388 g/mol. The molecule has 2 aromatic rings. The van der Waals surface area contributed by atoms with Crippen LogP contribution in [0.4, 0.5) is 0 Å². The topological polar surface area (TPSA) is 47.3 Å². The molecule has 0 atom stereocenters. The lowest BCUT2D eigenvalue weighted by molar-refractivity contribution is 0.0878. The molecule has 1 aromatic heterocycles. The highest BCUT2D eigenvalue weighted by atomic mass is 35.5. The van der Waals surface area contributed by atoms with Gasteiger partial charge in [-0.05, 0) is 31.0 Å². The number of rotatable bonds is 9. The number of nitrogens with zero attached hydrogens (tertiary/aromatic N) is 2. The molecule has 0 amide bonds. The number of imidazole rings is 1. The van der Waals surface area contributed by atoms with Gasteiger partial charge in [0.15, 0.2) is 0 Å². The Hall–Kier alpha value is -0.593. The highest BCUT2D eigenvalue weighted by Gasteiger charge is 2.15. The van der Waals surface area contributed by atoms with E-state index in [0.717, 1.165) is 48.8 Å². The van der Waals surface area contributed by atoms with Gasteiger partial charge in [-0.2, -0.15) is 0 Å². The van der Waals surface area contributed by atoms with Crippen molar-refractivity contribution in [3.63, 3.8) is 0 Å². The van der Waals surface area contributed by atoms with Crippen molar-refractivity contribution in [2.45, 2.75) is 51.7 Å². The van der Waals surface area contributed by atoms with Crippen molar-refractivity contribution >= 4 is 42.3 Å². The number of aliphatic hydroxyl groups excluding tert-OH is 1. The molecule has 134 valence electrons. The van der Waals surface area contributed by atoms with Crippen molar-refractivity contribution in [2.75, 3.05) is 13.2 Å². The van der Waals surface area contributed by atoms with Crippen LogP contribution in [0.5, 0.6) is 0 Å². The van der Waals surface area contributed by atoms with Crippen molar-refractivity contribution in [3.8, 4) is 0 Å². The van der Waals surface area contributed by atoms with E-state index in [-0.39, 0.29) is 6.61 Å². The maximum absolute atomic E-state index is 8.99. The molecule has 1 heterocycles. The lowest BCUT2D eigenvalue weighted by atomic mass is 10.2. The summed E-state index contributed by atoms with van der Waals surface area (Å²) in [5, 5.41) is 10.0. The standard InChI is InChI=1S/C17H26Cl2N2O2Si/c1-24(2,3)9-8-23-12-21-16-11-14(19)13(18)10-15(16)20-17(21)6-4-5-7-22/h10-11,22H,4-9,12H2,1-3H3. The molecule has 1 aromatic carbocycles. The number of aromatic nitrogens is 2. The molecular formula is C17H26Cl2N2O2Si. The fourth-order valence-corrected chi connectivity index (χ4v) is 3.51. The zero-order valence-corrected chi connectivity index (χ0v) is 17.1. The van der Waals surface area contributed by atoms with E-state index in [1.807, 2.05) is 6.07 Å². The van der Waals surface area contributed by atoms with Crippen LogP contribution >= 0.6 is 23.2 Å². The van der Waals surface area contributed by atoms with Crippen molar-refractivity contribution in [1.29, 1.82) is 0 Å². The minimum Gasteiger partial charge on any atom is -0.396 e. The second-order valence-corrected chi connectivity index (χ2v) is 13.7. The number of halogens is 2. The van der Waals surface area contributed by atoms with Gasteiger partial charge in [0.25, 0.3) is 0 Å². The SMILES string of the molecule is C[Si](C)(C)CCOCn1c(CCCCO)nc2cc(Cl)c(Cl)cc21. The van der Waals surface area contributed by atoms with Crippen LogP contribution in [0, 0.1) is 0 Å². The van der Waals surface area contributed by atoms with E-state index in [2.05, 4.69) is 29.2 Å². The van der Waals surface area contributed by atoms with E-state index < -0.39 is 8.07 Å². The van der Waals surface area contributed by atoms with Crippen LogP contribution in [0.3, 0.4) is 0 Å². The summed E-state index contributed by atoms with van der Waals surface area (Å²) in [6, 6.07) is 4.78. The van der Waals surface area contributed by atoms with Crippen LogP contribution in [0.15, 0.2) is 12.1 Å². The molecule has 0 aliphatic rings. The Labute approximate surface area is 154 Å². The van der Waals surface area contributed by atoms with Crippen LogP contribution in [-0.2, 0) is 17.9 Å². The molecule has 0 bridgehead atoms. The molecule has 2 rings (SSSR count). The Bertz CT molecular complexity index is 683. The van der Waals surface area contributed by atoms with Gasteiger partial charge in [0.2, 0.25) is 0 Å². The first-order chi connectivity index (χ1) is 11.3. The number of aliphatic hydroxyl groups is 1. The lowest BCUT2D eigenvalue weighted by Crippen LogP contribution is -2.22. The van der Waals surface area contributed by atoms with Crippen LogP contribution < -0.4 is 0 Å². The largest absolute Gasteiger partial charge is 0.396 e. The minimum atomic E-state index is -1.11. The van der Waals surface area contributed by atoms with Crippen LogP contribution in [0.2, 0.25) is 35.7 Å². The summed E-state index contributed by atoms with van der Waals surface area (Å²) in [5.41, 5.74) is 1.77. The number of hydrogen-bond acceptors (Lipinski definition) is 3. The van der Waals surface area contributed by atoms with Gasteiger partial charge < -0.3 is 14.4 Å². The summed E-state index contributed by atoms with van der Waals surface area (Å²) in [6.07, 6.45) is 2.44. The molecule has 0 radical (unpaired) electrons. The first kappa shape index (κ1) is 19.7. The molecule has 4 nitrogen and oxygen atoms in total. The number of fused-ring (bicyclic) bond motifs is 1. The third-order valence-electron chi connectivity index (χ3n) is 3.89. The first-order valence-electron chi connectivity index (χ1n) is 8.34. The maximum atomic E-state index is 8.99. The molecule has 0 saturated carbocycles. The number of hydrogen-bond donors (Lipinski definition) is 1. The maximum Gasteiger partial charge on any atom is 0.124 e. The summed E-state index contributed by atoms with van der Waals surface area (Å²) in [7, 11) is -1.11. The van der Waals surface area contributed by atoms with E-state index in [0.29, 0.717) is 16.8 Å². The molecular weight excluding hydrogens is 363 g/mol. The predicted octanol–water partition coefficient (Wildman–Crippen LogP) is 4.97. The molecule has 0 unspecified atom stereocenters. The Morgan fingerprint density at radius 1 is 1.17 bits per heavy atom. The summed E-state index contributed by atoms with van der Waals surface area (Å²) < 4.78 is 7.98. The molecule has 0 saturated heterocycles. The summed E-state index contributed by atoms with van der Waals surface area (Å²) in [4.78, 5) is 4.68. The Balaban J connectivity index is 2.19. The van der Waals surface area contributed by atoms with Gasteiger partial charge in [0.1, 0.15) is 12.6 Å². The summed E-state index contributed by atoms with van der Waals surface area (Å²) in [5.74, 6) is 0.949. The highest BCUT2D eigenvalue weighted by Crippen LogP contribution is 2.29. The zero-order valence-electron chi connectivity index (χ0n) is 14.6. The Kier molecular flexibility index (Phi) is 7.13. The number of benzene rings is 1. The van der Waals surface area contributed by atoms with Crippen molar-refractivity contribution in [3.05, 3.63) is 28.0 Å². The molecule has 0 spiro atoms. The quantitative estimate of drug-likeness (QED) is 0.487. The van der Waals surface area contributed by atoms with Crippen molar-refractivity contribution in [2.24, 2.45) is 0 Å². The smallest absolute Gasteiger partial charge is 0.124 e. The van der Waals surface area contributed by atoms with Gasteiger partial charge >= 0.3 is 0 Å². The van der Waals surface area contributed by atoms with E-state index >= 15 is 0 Å². The third-order valence-corrected chi connectivity index (χ3v) is 6.32. The van der Waals surface area contributed by atoms with Gasteiger partial charge in [-0.25, -0.2) is 4.98 Å². The predicted molar refractivity (Wildman–Crippen MR) is 104 cm³/mol. The number of unbranched alkanes of at least 4 members (excludes halogenated alkanes) is 1. The molecule has 7 heteroatoms. The van der Waals surface area contributed by atoms with Crippen LogP contribution in [0.25, 0.3) is 11.0 Å². The van der Waals surface area contributed by atoms with Gasteiger partial charge in [0, 0.05) is 27.7 Å². The highest BCUT2D eigenvalue weighted by molar-refractivity contribution is 6.76. The fraction of sp³-hybridized carbons (Fsp3) is 0.588. The third kappa shape index (κ3) is 5.46. The van der Waals surface area contributed by atoms with Crippen molar-refractivity contribution < 1.29 is 9.84 Å². The normalized spacial score (nSPS) is 12.2. The van der Waals surface area contributed by atoms with Gasteiger partial charge in [-0.1, -0.05) is 42.8 Å². The van der Waals surface area contributed by atoms with Crippen LogP contribution in [-0.4, -0.2) is 35.9 Å². The molecule has 1 N–H and O–H groups in total. The average Bonchev–Trinajstić information content (AvgIpc) is 2.81. The van der Waals surface area contributed by atoms with Gasteiger partial charge in [0.05, 0.1) is 21.1 Å². The molecule has 0 aliphatic carbocycles. The number of ether oxygens (including phenoxy) is 1. The Morgan fingerprint density at radius 2 is 1.88 bits per heavy atom. The fourth-order valence-electron chi connectivity index (χ4n) is 2.43. The summed E-state index contributed by atoms with van der Waals surface area (Å²) >= 11 is 12.3. The molecule has 0 fully saturated rings. The van der Waals surface area contributed by atoms with Crippen LogP contribution in [0.1, 0.15) is 18.7 Å². The van der Waals surface area contributed by atoms with E-state index in [1.165, 1.54) is 0 Å². The second-order valence-electron chi connectivity index (χ2n) is 7.24. The molecule has 24 heavy (non-hydrogen) atoms. The summed E-state index contributed by atoms with van der Waals surface area (Å²) in [6.45, 7) is 8.44. The van der Waals surface area contributed by atoms with Gasteiger partial charge in [-0.15, -0.1) is 0 Å². The average molecular weight is 389 g/mol. The first-order valence-corrected chi connectivity index (χ1v) is 12.8. The second kappa shape index (κ2) is 8.67. The minimum absolute atomic E-state index is 0.199. The van der Waals surface area contributed by atoms with E-state index in [1.54, 1.807) is 6.07 Å². The number of aryl methyl sites for hydroxylation is 1.